The van der Waals surface area contributed by atoms with Crippen molar-refractivity contribution in [1.82, 2.24) is 15.1 Å². The van der Waals surface area contributed by atoms with Gasteiger partial charge in [0.1, 0.15) is 11.4 Å². The Hall–Kier alpha value is -2.37. The third-order valence-corrected chi connectivity index (χ3v) is 5.35. The highest BCUT2D eigenvalue weighted by Crippen LogP contribution is 2.36. The van der Waals surface area contributed by atoms with E-state index in [1.165, 1.54) is 0 Å². The molecule has 6 heteroatoms. The van der Waals surface area contributed by atoms with E-state index in [9.17, 15) is 5.11 Å². The molecule has 5 nitrogen and oxygen atoms in total. The van der Waals surface area contributed by atoms with E-state index < -0.39 is 0 Å². The maximum atomic E-state index is 10.4. The molecule has 2 heterocycles. The minimum absolute atomic E-state index is 0.204. The Morgan fingerprint density at radius 3 is 2.78 bits per heavy atom. The Labute approximate surface area is 164 Å². The molecule has 0 spiro atoms. The van der Waals surface area contributed by atoms with Gasteiger partial charge < -0.3 is 15.3 Å². The number of hydrogen-bond acceptors (Lipinski definition) is 5. The quantitative estimate of drug-likeness (QED) is 0.699. The number of aryl methyl sites for hydroxylation is 1. The number of fused-ring (bicyclic) bond motifs is 1. The number of nitrogens with zero attached hydrogens (tertiary/aromatic N) is 3. The molecule has 27 heavy (non-hydrogen) atoms. The topological polar surface area (TPSA) is 61.3 Å². The van der Waals surface area contributed by atoms with E-state index >= 15 is 0 Å². The molecule has 1 aromatic heterocycles. The lowest BCUT2D eigenvalue weighted by Gasteiger charge is -2.30. The number of piperidine rings is 1. The first-order chi connectivity index (χ1) is 13.0. The van der Waals surface area contributed by atoms with Crippen molar-refractivity contribution < 1.29 is 5.11 Å². The third-order valence-electron chi connectivity index (χ3n) is 5.12. The van der Waals surface area contributed by atoms with E-state index in [2.05, 4.69) is 27.5 Å². The molecular weight excluding hydrogens is 360 g/mol. The molecule has 0 bridgehead atoms. The molecule has 2 aromatic carbocycles. The third kappa shape index (κ3) is 3.70. The van der Waals surface area contributed by atoms with Crippen molar-refractivity contribution in [2.24, 2.45) is 0 Å². The molecule has 1 aliphatic rings. The molecule has 1 fully saturated rings. The van der Waals surface area contributed by atoms with Gasteiger partial charge in [-0.3, -0.25) is 0 Å². The number of anilines is 1. The largest absolute Gasteiger partial charge is 0.507 e. The second-order valence-electron chi connectivity index (χ2n) is 7.35. The molecule has 0 saturated carbocycles. The van der Waals surface area contributed by atoms with Crippen molar-refractivity contribution >= 4 is 28.2 Å². The van der Waals surface area contributed by atoms with Gasteiger partial charge in [-0.2, -0.15) is 0 Å². The van der Waals surface area contributed by atoms with Gasteiger partial charge in [0, 0.05) is 33.9 Å². The molecule has 0 radical (unpaired) electrons. The zero-order valence-corrected chi connectivity index (χ0v) is 16.3. The van der Waals surface area contributed by atoms with Crippen molar-refractivity contribution in [3.8, 4) is 17.0 Å². The highest BCUT2D eigenvalue weighted by molar-refractivity contribution is 6.31. The minimum atomic E-state index is 0.204. The summed E-state index contributed by atoms with van der Waals surface area (Å²) in [7, 11) is 2.14. The van der Waals surface area contributed by atoms with E-state index in [0.29, 0.717) is 22.3 Å². The number of phenols is 1. The Morgan fingerprint density at radius 2 is 2.00 bits per heavy atom. The van der Waals surface area contributed by atoms with Crippen LogP contribution in [0.25, 0.3) is 22.0 Å². The number of aromatic nitrogens is 2. The average Bonchev–Trinajstić information content (AvgIpc) is 2.63. The molecule has 3 aromatic rings. The number of rotatable bonds is 3. The standard InChI is InChI=1S/C21H23ClN4O/c1-13-5-7-17(19(27)10-13)20-16-8-6-14(22)11-18(16)21(25-24-20)23-15-4-3-9-26(2)12-15/h5-8,10-11,15,27H,3-4,9,12H2,1-2H3,(H,23,25)/t15-/m1/s1. The number of likely N-dealkylation sites (N-methyl/N-ethyl adjacent to an activating group) is 1. The summed E-state index contributed by atoms with van der Waals surface area (Å²) in [4.78, 5) is 2.32. The fourth-order valence-electron chi connectivity index (χ4n) is 3.75. The van der Waals surface area contributed by atoms with Crippen LogP contribution in [0.1, 0.15) is 18.4 Å². The van der Waals surface area contributed by atoms with E-state index in [1.807, 2.05) is 37.3 Å². The first kappa shape index (κ1) is 18.0. The Balaban J connectivity index is 1.79. The van der Waals surface area contributed by atoms with E-state index in [4.69, 9.17) is 11.6 Å². The molecule has 1 saturated heterocycles. The monoisotopic (exact) mass is 382 g/mol. The number of nitrogens with one attached hydrogen (secondary N) is 1. The molecule has 2 N–H and O–H groups in total. The fourth-order valence-corrected chi connectivity index (χ4v) is 3.92. The van der Waals surface area contributed by atoms with E-state index in [0.717, 1.165) is 48.1 Å². The van der Waals surface area contributed by atoms with Gasteiger partial charge in [0.25, 0.3) is 0 Å². The van der Waals surface area contributed by atoms with Gasteiger partial charge in [-0.15, -0.1) is 10.2 Å². The van der Waals surface area contributed by atoms with Gasteiger partial charge in [-0.1, -0.05) is 23.7 Å². The van der Waals surface area contributed by atoms with Gasteiger partial charge in [-0.25, -0.2) is 0 Å². The van der Waals surface area contributed by atoms with Crippen LogP contribution in [0, 0.1) is 6.92 Å². The number of benzene rings is 2. The summed E-state index contributed by atoms with van der Waals surface area (Å²) in [6, 6.07) is 11.6. The normalized spacial score (nSPS) is 18.0. The molecule has 0 unspecified atom stereocenters. The summed E-state index contributed by atoms with van der Waals surface area (Å²) in [6.07, 6.45) is 2.27. The van der Waals surface area contributed by atoms with Gasteiger partial charge in [0.05, 0.1) is 0 Å². The zero-order valence-electron chi connectivity index (χ0n) is 15.5. The van der Waals surface area contributed by atoms with Crippen LogP contribution in [0.15, 0.2) is 36.4 Å². The van der Waals surface area contributed by atoms with Crippen LogP contribution >= 0.6 is 11.6 Å². The highest BCUT2D eigenvalue weighted by atomic mass is 35.5. The average molecular weight is 383 g/mol. The highest BCUT2D eigenvalue weighted by Gasteiger charge is 2.20. The Morgan fingerprint density at radius 1 is 1.15 bits per heavy atom. The summed E-state index contributed by atoms with van der Waals surface area (Å²) in [5, 5.41) is 25.3. The van der Waals surface area contributed by atoms with Crippen molar-refractivity contribution in [2.75, 3.05) is 25.5 Å². The Kier molecular flexibility index (Phi) is 4.89. The van der Waals surface area contributed by atoms with Gasteiger partial charge in [0.15, 0.2) is 5.82 Å². The summed E-state index contributed by atoms with van der Waals surface area (Å²) in [5.41, 5.74) is 2.33. The molecule has 4 rings (SSSR count). The van der Waals surface area contributed by atoms with Crippen molar-refractivity contribution in [1.29, 1.82) is 0 Å². The van der Waals surface area contributed by atoms with Gasteiger partial charge in [-0.05, 0) is 63.2 Å². The lowest BCUT2D eigenvalue weighted by atomic mass is 10.0. The number of hydrogen-bond donors (Lipinski definition) is 2. The molecule has 1 atom stereocenters. The maximum Gasteiger partial charge on any atom is 0.156 e. The summed E-state index contributed by atoms with van der Waals surface area (Å²) in [5.74, 6) is 0.943. The van der Waals surface area contributed by atoms with Gasteiger partial charge in [0.2, 0.25) is 0 Å². The maximum absolute atomic E-state index is 10.4. The predicted octanol–water partition coefficient (Wildman–Crippen LogP) is 4.47. The molecule has 1 aliphatic heterocycles. The second-order valence-corrected chi connectivity index (χ2v) is 7.79. The lowest BCUT2D eigenvalue weighted by Crippen LogP contribution is -2.40. The van der Waals surface area contributed by atoms with Crippen molar-refractivity contribution in [2.45, 2.75) is 25.8 Å². The molecular formula is C21H23ClN4O. The number of halogens is 1. The summed E-state index contributed by atoms with van der Waals surface area (Å²) in [6.45, 7) is 4.05. The van der Waals surface area contributed by atoms with Crippen LogP contribution < -0.4 is 5.32 Å². The zero-order chi connectivity index (χ0) is 19.0. The van der Waals surface area contributed by atoms with Crippen LogP contribution in [0.2, 0.25) is 5.02 Å². The number of phenolic OH excluding ortho intramolecular Hbond substituents is 1. The van der Waals surface area contributed by atoms with Crippen molar-refractivity contribution in [3.05, 3.63) is 47.0 Å². The predicted molar refractivity (Wildman–Crippen MR) is 111 cm³/mol. The molecule has 0 aliphatic carbocycles. The number of aromatic hydroxyl groups is 1. The lowest BCUT2D eigenvalue weighted by molar-refractivity contribution is 0.261. The fraction of sp³-hybridized carbons (Fsp3) is 0.333. The Bertz CT molecular complexity index is 991. The summed E-state index contributed by atoms with van der Waals surface area (Å²) >= 11 is 6.27. The van der Waals surface area contributed by atoms with Crippen LogP contribution in [0.4, 0.5) is 5.82 Å². The smallest absolute Gasteiger partial charge is 0.156 e. The van der Waals surface area contributed by atoms with Crippen LogP contribution in [0.5, 0.6) is 5.75 Å². The first-order valence-corrected chi connectivity index (χ1v) is 9.60. The first-order valence-electron chi connectivity index (χ1n) is 9.22. The van der Waals surface area contributed by atoms with E-state index in [-0.39, 0.29) is 5.75 Å². The van der Waals surface area contributed by atoms with E-state index in [1.54, 1.807) is 6.07 Å². The molecule has 0 amide bonds. The second kappa shape index (κ2) is 7.33. The van der Waals surface area contributed by atoms with Crippen LogP contribution in [-0.4, -0.2) is 46.4 Å². The van der Waals surface area contributed by atoms with Crippen molar-refractivity contribution in [3.63, 3.8) is 0 Å². The summed E-state index contributed by atoms with van der Waals surface area (Å²) < 4.78 is 0. The number of likely N-dealkylation sites (tertiary alicyclic amines) is 1. The SMILES string of the molecule is Cc1ccc(-c2nnc(N[C@@H]3CCCN(C)C3)c3cc(Cl)ccc23)c(O)c1. The molecule has 140 valence electrons. The van der Waals surface area contributed by atoms with Gasteiger partial charge >= 0.3 is 0 Å². The van der Waals surface area contributed by atoms with Crippen LogP contribution in [0.3, 0.4) is 0 Å². The minimum Gasteiger partial charge on any atom is -0.507 e. The van der Waals surface area contributed by atoms with Crippen LogP contribution in [-0.2, 0) is 0 Å².